The molecule has 1 aromatic heterocycles. The van der Waals surface area contributed by atoms with E-state index in [1.165, 1.54) is 0 Å². The number of pyridine rings is 1. The van der Waals surface area contributed by atoms with Crippen LogP contribution in [0.1, 0.15) is 29.6 Å². The summed E-state index contributed by atoms with van der Waals surface area (Å²) in [6, 6.07) is 14.8. The first-order valence-corrected chi connectivity index (χ1v) is 12.4. The zero-order chi connectivity index (χ0) is 24.2. The van der Waals surface area contributed by atoms with Gasteiger partial charge >= 0.3 is 0 Å². The van der Waals surface area contributed by atoms with E-state index in [2.05, 4.69) is 25.4 Å². The number of rotatable bonds is 6. The predicted molar refractivity (Wildman–Crippen MR) is 132 cm³/mol. The van der Waals surface area contributed by atoms with Crippen LogP contribution in [0.5, 0.6) is 0 Å². The van der Waals surface area contributed by atoms with E-state index < -0.39 is 0 Å². The minimum absolute atomic E-state index is 0.00896. The monoisotopic (exact) mass is 476 g/mol. The molecule has 3 fully saturated rings. The second-order valence-electron chi connectivity index (χ2n) is 9.48. The molecule has 0 bridgehead atoms. The molecule has 2 N–H and O–H groups in total. The number of benzene rings is 1. The molecule has 0 aliphatic carbocycles. The topological polar surface area (TPSA) is 97.9 Å². The first-order chi connectivity index (χ1) is 17.1. The molecule has 35 heavy (non-hydrogen) atoms. The Morgan fingerprint density at radius 3 is 2.54 bits per heavy atom. The number of carbonyl (C=O) groups excluding carboxylic acids is 3. The predicted octanol–water partition coefficient (Wildman–Crippen LogP) is 0.882. The third-order valence-electron chi connectivity index (χ3n) is 7.29. The highest BCUT2D eigenvalue weighted by molar-refractivity contribution is 5.94. The number of piperazine rings is 2. The maximum atomic E-state index is 12.9. The fraction of sp³-hybridized carbons (Fsp3) is 0.462. The maximum Gasteiger partial charge on any atom is 0.251 e. The van der Waals surface area contributed by atoms with E-state index in [0.29, 0.717) is 51.0 Å². The fourth-order valence-electron chi connectivity index (χ4n) is 5.38. The molecule has 0 spiro atoms. The van der Waals surface area contributed by atoms with E-state index in [9.17, 15) is 14.4 Å². The second-order valence-corrected chi connectivity index (χ2v) is 9.48. The zero-order valence-electron chi connectivity index (χ0n) is 19.8. The number of aromatic nitrogens is 1. The normalized spacial score (nSPS) is 24.6. The third kappa shape index (κ3) is 5.30. The van der Waals surface area contributed by atoms with Gasteiger partial charge in [0.1, 0.15) is 5.82 Å². The van der Waals surface area contributed by atoms with Crippen molar-refractivity contribution in [2.45, 2.75) is 37.4 Å². The van der Waals surface area contributed by atoms with E-state index in [1.807, 2.05) is 41.3 Å². The van der Waals surface area contributed by atoms with Gasteiger partial charge in [0.2, 0.25) is 11.8 Å². The Hall–Kier alpha value is -3.46. The number of nitrogens with one attached hydrogen (secondary N) is 2. The van der Waals surface area contributed by atoms with Crippen molar-refractivity contribution < 1.29 is 14.4 Å². The standard InChI is InChI=1S/C26H32N6O3/c33-24(31-14-12-30(13-15-31)23-8-4-5-11-27-23)10-9-21-17-28-26(35)22-16-20(18-32(21)22)29-25(34)19-6-2-1-3-7-19/h1-8,11,20-22H,9-10,12-18H2,(H,28,35)(H,29,34)/t20-,21+,22-/m0/s1. The summed E-state index contributed by atoms with van der Waals surface area (Å²) >= 11 is 0. The van der Waals surface area contributed by atoms with E-state index in [-0.39, 0.29) is 35.8 Å². The van der Waals surface area contributed by atoms with Crippen LogP contribution in [0.15, 0.2) is 54.7 Å². The SMILES string of the molecule is O=C(N[C@H]1C[C@H]2C(=O)NC[C@@H](CCC(=O)N3CCN(c4ccccn4)CC3)N2C1)c1ccccc1. The largest absolute Gasteiger partial charge is 0.353 e. The Kier molecular flexibility index (Phi) is 6.94. The molecule has 3 aliphatic rings. The van der Waals surface area contributed by atoms with Gasteiger partial charge in [-0.05, 0) is 37.1 Å². The molecule has 184 valence electrons. The van der Waals surface area contributed by atoms with Crippen LogP contribution in [-0.4, -0.2) is 89.9 Å². The lowest BCUT2D eigenvalue weighted by Gasteiger charge is -2.38. The molecule has 0 unspecified atom stereocenters. The summed E-state index contributed by atoms with van der Waals surface area (Å²) in [7, 11) is 0. The highest BCUT2D eigenvalue weighted by Gasteiger charge is 2.44. The summed E-state index contributed by atoms with van der Waals surface area (Å²) in [5.74, 6) is 1.00. The van der Waals surface area contributed by atoms with Gasteiger partial charge in [0.05, 0.1) is 6.04 Å². The Labute approximate surface area is 205 Å². The highest BCUT2D eigenvalue weighted by Crippen LogP contribution is 2.26. The van der Waals surface area contributed by atoms with Crippen LogP contribution >= 0.6 is 0 Å². The number of anilines is 1. The third-order valence-corrected chi connectivity index (χ3v) is 7.29. The minimum atomic E-state index is -0.258. The van der Waals surface area contributed by atoms with Crippen LogP contribution in [0, 0.1) is 0 Å². The van der Waals surface area contributed by atoms with Crippen molar-refractivity contribution in [2.75, 3.05) is 44.2 Å². The van der Waals surface area contributed by atoms with Crippen molar-refractivity contribution >= 4 is 23.5 Å². The number of amides is 3. The van der Waals surface area contributed by atoms with Gasteiger partial charge in [-0.2, -0.15) is 0 Å². The molecule has 3 saturated heterocycles. The lowest BCUT2D eigenvalue weighted by molar-refractivity contribution is -0.132. The Morgan fingerprint density at radius 2 is 1.80 bits per heavy atom. The molecule has 9 nitrogen and oxygen atoms in total. The van der Waals surface area contributed by atoms with Crippen molar-refractivity contribution in [3.8, 4) is 0 Å². The molecule has 2 aromatic rings. The number of fused-ring (bicyclic) bond motifs is 1. The van der Waals surface area contributed by atoms with E-state index in [1.54, 1.807) is 18.3 Å². The van der Waals surface area contributed by atoms with Crippen molar-refractivity contribution in [1.29, 1.82) is 0 Å². The molecule has 3 atom stereocenters. The Bertz CT molecular complexity index is 1040. The van der Waals surface area contributed by atoms with E-state index in [0.717, 1.165) is 18.9 Å². The van der Waals surface area contributed by atoms with E-state index >= 15 is 0 Å². The van der Waals surface area contributed by atoms with Crippen molar-refractivity contribution in [3.63, 3.8) is 0 Å². The molecule has 4 heterocycles. The molecule has 3 aliphatic heterocycles. The van der Waals surface area contributed by atoms with Crippen molar-refractivity contribution in [3.05, 3.63) is 60.3 Å². The molecule has 5 rings (SSSR count). The van der Waals surface area contributed by atoms with Crippen LogP contribution < -0.4 is 15.5 Å². The van der Waals surface area contributed by atoms with Gasteiger partial charge in [0.15, 0.2) is 0 Å². The minimum Gasteiger partial charge on any atom is -0.353 e. The quantitative estimate of drug-likeness (QED) is 0.643. The van der Waals surface area contributed by atoms with Gasteiger partial charge in [0.25, 0.3) is 5.91 Å². The lowest BCUT2D eigenvalue weighted by Crippen LogP contribution is -2.58. The molecule has 3 amide bonds. The lowest BCUT2D eigenvalue weighted by atomic mass is 10.0. The van der Waals surface area contributed by atoms with Gasteiger partial charge in [-0.25, -0.2) is 4.98 Å². The number of hydrogen-bond acceptors (Lipinski definition) is 6. The molecule has 1 aromatic carbocycles. The number of carbonyl (C=O) groups is 3. The summed E-state index contributed by atoms with van der Waals surface area (Å²) in [5, 5.41) is 6.09. The average molecular weight is 477 g/mol. The number of hydrogen-bond donors (Lipinski definition) is 2. The Morgan fingerprint density at radius 1 is 1.03 bits per heavy atom. The van der Waals surface area contributed by atoms with Crippen LogP contribution in [-0.2, 0) is 9.59 Å². The summed E-state index contributed by atoms with van der Waals surface area (Å²) in [6.45, 7) is 4.10. The smallest absolute Gasteiger partial charge is 0.251 e. The van der Waals surface area contributed by atoms with Gasteiger partial charge < -0.3 is 20.4 Å². The van der Waals surface area contributed by atoms with Gasteiger partial charge in [-0.3, -0.25) is 19.3 Å². The molecule has 0 saturated carbocycles. The van der Waals surface area contributed by atoms with Crippen LogP contribution in [0.25, 0.3) is 0 Å². The summed E-state index contributed by atoms with van der Waals surface area (Å²) < 4.78 is 0. The van der Waals surface area contributed by atoms with Gasteiger partial charge in [0, 0.05) is 69.5 Å². The molecule has 9 heteroatoms. The van der Waals surface area contributed by atoms with Gasteiger partial charge in [-0.1, -0.05) is 24.3 Å². The molecular weight excluding hydrogens is 444 g/mol. The highest BCUT2D eigenvalue weighted by atomic mass is 16.2. The molecular formula is C26H32N6O3. The summed E-state index contributed by atoms with van der Waals surface area (Å²) in [5.41, 5.74) is 0.618. The van der Waals surface area contributed by atoms with Crippen molar-refractivity contribution in [1.82, 2.24) is 25.4 Å². The van der Waals surface area contributed by atoms with Crippen LogP contribution in [0.3, 0.4) is 0 Å². The fourth-order valence-corrected chi connectivity index (χ4v) is 5.38. The first-order valence-electron chi connectivity index (χ1n) is 12.4. The summed E-state index contributed by atoms with van der Waals surface area (Å²) in [4.78, 5) is 48.8. The molecule has 0 radical (unpaired) electrons. The van der Waals surface area contributed by atoms with Crippen LogP contribution in [0.2, 0.25) is 0 Å². The Balaban J connectivity index is 1.12. The summed E-state index contributed by atoms with van der Waals surface area (Å²) in [6.07, 6.45) is 3.52. The van der Waals surface area contributed by atoms with E-state index in [4.69, 9.17) is 0 Å². The van der Waals surface area contributed by atoms with Gasteiger partial charge in [-0.15, -0.1) is 0 Å². The first kappa shape index (κ1) is 23.3. The second kappa shape index (κ2) is 10.4. The van der Waals surface area contributed by atoms with Crippen molar-refractivity contribution in [2.24, 2.45) is 0 Å². The number of nitrogens with zero attached hydrogens (tertiary/aromatic N) is 4. The maximum absolute atomic E-state index is 12.9. The average Bonchev–Trinajstić information content (AvgIpc) is 3.34. The zero-order valence-corrected chi connectivity index (χ0v) is 19.8. The van der Waals surface area contributed by atoms with Crippen LogP contribution in [0.4, 0.5) is 5.82 Å².